The van der Waals surface area contributed by atoms with Gasteiger partial charge in [0.2, 0.25) is 5.91 Å². The van der Waals surface area contributed by atoms with E-state index in [-0.39, 0.29) is 25.5 Å². The van der Waals surface area contributed by atoms with Gasteiger partial charge in [-0.05, 0) is 36.4 Å². The number of nitrogens with one attached hydrogen (secondary N) is 2. The summed E-state index contributed by atoms with van der Waals surface area (Å²) in [7, 11) is 0. The van der Waals surface area contributed by atoms with Crippen LogP contribution in [0.15, 0.2) is 72.8 Å². The van der Waals surface area contributed by atoms with E-state index in [4.69, 9.17) is 21.1 Å². The number of amides is 3. The van der Waals surface area contributed by atoms with Gasteiger partial charge in [0.15, 0.2) is 5.75 Å². The number of hydrogen-bond donors (Lipinski definition) is 2. The molecule has 0 fully saturated rings. The van der Waals surface area contributed by atoms with Crippen molar-refractivity contribution in [1.82, 2.24) is 10.9 Å². The van der Waals surface area contributed by atoms with Crippen LogP contribution < -0.4 is 25.2 Å². The number of urea groups is 1. The first-order chi connectivity index (χ1) is 15.1. The van der Waals surface area contributed by atoms with E-state index in [0.717, 1.165) is 5.56 Å². The zero-order valence-corrected chi connectivity index (χ0v) is 17.3. The number of carbonyl (C=O) groups excluding carboxylic acids is 2. The van der Waals surface area contributed by atoms with Crippen molar-refractivity contribution in [1.29, 1.82) is 0 Å². The summed E-state index contributed by atoms with van der Waals surface area (Å²) >= 11 is 6.15. The third kappa shape index (κ3) is 5.07. The molecule has 158 valence electrons. The molecule has 31 heavy (non-hydrogen) atoms. The van der Waals surface area contributed by atoms with E-state index < -0.39 is 6.03 Å². The van der Waals surface area contributed by atoms with Crippen molar-refractivity contribution in [3.05, 3.63) is 83.4 Å². The number of halogens is 1. The van der Waals surface area contributed by atoms with Crippen LogP contribution in [0.1, 0.15) is 12.0 Å². The molecule has 7 nitrogen and oxygen atoms in total. The van der Waals surface area contributed by atoms with E-state index in [2.05, 4.69) is 10.9 Å². The Bertz CT molecular complexity index is 1090. The molecule has 1 aliphatic heterocycles. The minimum atomic E-state index is -0.513. The van der Waals surface area contributed by atoms with Crippen molar-refractivity contribution in [3.8, 4) is 17.2 Å². The Morgan fingerprint density at radius 1 is 0.968 bits per heavy atom. The second-order valence-corrected chi connectivity index (χ2v) is 7.23. The summed E-state index contributed by atoms with van der Waals surface area (Å²) in [6.45, 7) is 0.442. The van der Waals surface area contributed by atoms with Gasteiger partial charge in [0, 0.05) is 10.6 Å². The maximum Gasteiger partial charge on any atom is 0.341 e. The smallest absolute Gasteiger partial charge is 0.341 e. The first kappa shape index (κ1) is 20.6. The average molecular weight is 438 g/mol. The maximum absolute atomic E-state index is 12.9. The van der Waals surface area contributed by atoms with E-state index in [9.17, 15) is 9.59 Å². The standard InChI is InChI=1S/C23H20ClN3O4/c24-17-10-11-21-19(14-17)27(15-16-6-4-5-9-20(16)31-21)23(29)26-25-22(28)12-13-30-18-7-2-1-3-8-18/h1-11,14H,12-13,15H2,(H,25,28)(H,26,29). The van der Waals surface area contributed by atoms with Crippen LogP contribution in [0.2, 0.25) is 5.02 Å². The molecule has 1 heterocycles. The van der Waals surface area contributed by atoms with Gasteiger partial charge in [-0.3, -0.25) is 15.1 Å². The molecule has 0 aromatic heterocycles. The monoisotopic (exact) mass is 437 g/mol. The second-order valence-electron chi connectivity index (χ2n) is 6.80. The molecule has 0 atom stereocenters. The molecule has 0 saturated heterocycles. The first-order valence-electron chi connectivity index (χ1n) is 9.69. The third-order valence-electron chi connectivity index (χ3n) is 4.63. The SMILES string of the molecule is O=C(CCOc1ccccc1)NNC(=O)N1Cc2ccccc2Oc2ccc(Cl)cc21. The van der Waals surface area contributed by atoms with Crippen LogP contribution in [0.25, 0.3) is 0 Å². The van der Waals surface area contributed by atoms with Crippen LogP contribution in [0.4, 0.5) is 10.5 Å². The van der Waals surface area contributed by atoms with Crippen LogP contribution in [-0.4, -0.2) is 18.5 Å². The molecule has 0 saturated carbocycles. The molecule has 0 unspecified atom stereocenters. The lowest BCUT2D eigenvalue weighted by Crippen LogP contribution is -2.49. The Hall–Kier alpha value is -3.71. The normalized spacial score (nSPS) is 12.0. The molecular weight excluding hydrogens is 418 g/mol. The third-order valence-corrected chi connectivity index (χ3v) is 4.86. The Morgan fingerprint density at radius 3 is 2.58 bits per heavy atom. The number of rotatable bonds is 4. The van der Waals surface area contributed by atoms with Crippen LogP contribution >= 0.6 is 11.6 Å². The van der Waals surface area contributed by atoms with E-state index in [1.807, 2.05) is 54.6 Å². The van der Waals surface area contributed by atoms with Crippen molar-refractivity contribution in [2.45, 2.75) is 13.0 Å². The van der Waals surface area contributed by atoms with Gasteiger partial charge >= 0.3 is 6.03 Å². The number of carbonyl (C=O) groups is 2. The van der Waals surface area contributed by atoms with Crippen molar-refractivity contribution in [2.75, 3.05) is 11.5 Å². The highest BCUT2D eigenvalue weighted by molar-refractivity contribution is 6.31. The fourth-order valence-electron chi connectivity index (χ4n) is 3.11. The van der Waals surface area contributed by atoms with Crippen molar-refractivity contribution in [2.24, 2.45) is 0 Å². The maximum atomic E-state index is 12.9. The fraction of sp³-hybridized carbons (Fsp3) is 0.130. The number of hydrogen-bond acceptors (Lipinski definition) is 4. The lowest BCUT2D eigenvalue weighted by atomic mass is 10.2. The van der Waals surface area contributed by atoms with Gasteiger partial charge in [-0.15, -0.1) is 0 Å². The molecule has 8 heteroatoms. The predicted octanol–water partition coefficient (Wildman–Crippen LogP) is 4.66. The summed E-state index contributed by atoms with van der Waals surface area (Å²) in [4.78, 5) is 26.5. The Kier molecular flexibility index (Phi) is 6.24. The van der Waals surface area contributed by atoms with E-state index in [1.54, 1.807) is 18.2 Å². The van der Waals surface area contributed by atoms with Crippen molar-refractivity contribution in [3.63, 3.8) is 0 Å². The first-order valence-corrected chi connectivity index (χ1v) is 10.1. The van der Waals surface area contributed by atoms with E-state index >= 15 is 0 Å². The second kappa shape index (κ2) is 9.40. The molecule has 0 bridgehead atoms. The number of ether oxygens (including phenoxy) is 2. The lowest BCUT2D eigenvalue weighted by molar-refractivity contribution is -0.122. The topological polar surface area (TPSA) is 79.9 Å². The quantitative estimate of drug-likeness (QED) is 0.582. The summed E-state index contributed by atoms with van der Waals surface area (Å²) in [6.07, 6.45) is 0.0868. The van der Waals surface area contributed by atoms with Gasteiger partial charge in [-0.25, -0.2) is 10.2 Å². The summed E-state index contributed by atoms with van der Waals surface area (Å²) < 4.78 is 11.5. The highest BCUT2D eigenvalue weighted by Gasteiger charge is 2.26. The Balaban J connectivity index is 1.40. The van der Waals surface area contributed by atoms with Gasteiger partial charge in [0.1, 0.15) is 11.5 Å². The average Bonchev–Trinajstić information content (AvgIpc) is 2.95. The molecular formula is C23H20ClN3O4. The number of para-hydroxylation sites is 2. The lowest BCUT2D eigenvalue weighted by Gasteiger charge is -2.22. The number of nitrogens with zero attached hydrogens (tertiary/aromatic N) is 1. The zero-order chi connectivity index (χ0) is 21.6. The zero-order valence-electron chi connectivity index (χ0n) is 16.5. The van der Waals surface area contributed by atoms with Crippen LogP contribution in [0.3, 0.4) is 0 Å². The highest BCUT2D eigenvalue weighted by Crippen LogP contribution is 2.40. The van der Waals surface area contributed by atoms with E-state index in [0.29, 0.717) is 28.0 Å². The molecule has 3 aromatic carbocycles. The molecule has 0 radical (unpaired) electrons. The molecule has 1 aliphatic rings. The van der Waals surface area contributed by atoms with E-state index in [1.165, 1.54) is 4.90 Å². The molecule has 4 rings (SSSR count). The summed E-state index contributed by atoms with van der Waals surface area (Å²) in [5, 5.41) is 0.466. The largest absolute Gasteiger partial charge is 0.493 e. The number of hydrazine groups is 1. The van der Waals surface area contributed by atoms with Gasteiger partial charge in [0.25, 0.3) is 0 Å². The summed E-state index contributed by atoms with van der Waals surface area (Å²) in [5.74, 6) is 1.45. The Labute approximate surface area is 184 Å². The number of benzene rings is 3. The van der Waals surface area contributed by atoms with Crippen molar-refractivity contribution >= 4 is 29.2 Å². The number of anilines is 1. The molecule has 3 aromatic rings. The van der Waals surface area contributed by atoms with Gasteiger partial charge in [0.05, 0.1) is 25.3 Å². The predicted molar refractivity (Wildman–Crippen MR) is 117 cm³/mol. The molecule has 3 amide bonds. The van der Waals surface area contributed by atoms with Crippen LogP contribution in [0, 0.1) is 0 Å². The van der Waals surface area contributed by atoms with Crippen LogP contribution in [0.5, 0.6) is 17.2 Å². The highest BCUT2D eigenvalue weighted by atomic mass is 35.5. The fourth-order valence-corrected chi connectivity index (χ4v) is 3.27. The van der Waals surface area contributed by atoms with Gasteiger partial charge in [-0.2, -0.15) is 0 Å². The summed E-state index contributed by atoms with van der Waals surface area (Å²) in [5.41, 5.74) is 6.20. The van der Waals surface area contributed by atoms with Crippen molar-refractivity contribution < 1.29 is 19.1 Å². The van der Waals surface area contributed by atoms with Crippen LogP contribution in [-0.2, 0) is 11.3 Å². The molecule has 2 N–H and O–H groups in total. The minimum Gasteiger partial charge on any atom is -0.493 e. The molecule has 0 aliphatic carbocycles. The van der Waals surface area contributed by atoms with Gasteiger partial charge < -0.3 is 9.47 Å². The van der Waals surface area contributed by atoms with Gasteiger partial charge in [-0.1, -0.05) is 48.0 Å². The number of fused-ring (bicyclic) bond motifs is 2. The minimum absolute atomic E-state index is 0.0868. The summed E-state index contributed by atoms with van der Waals surface area (Å²) in [6, 6.07) is 21.2. The molecule has 0 spiro atoms. The Morgan fingerprint density at radius 2 is 1.74 bits per heavy atom.